The van der Waals surface area contributed by atoms with Crippen molar-refractivity contribution >= 4 is 44.4 Å². The van der Waals surface area contributed by atoms with E-state index in [1.165, 1.54) is 21.8 Å². The fourth-order valence-electron chi connectivity index (χ4n) is 3.24. The Morgan fingerprint density at radius 1 is 1.12 bits per heavy atom. The van der Waals surface area contributed by atoms with E-state index in [1.54, 1.807) is 30.0 Å². The highest BCUT2D eigenvalue weighted by Gasteiger charge is 2.20. The van der Waals surface area contributed by atoms with Gasteiger partial charge in [0.1, 0.15) is 5.75 Å². The molecule has 5 nitrogen and oxygen atoms in total. The number of thiazole rings is 1. The first-order valence-electron chi connectivity index (χ1n) is 10.5. The normalized spacial score (nSPS) is 10.9. The van der Waals surface area contributed by atoms with E-state index in [1.807, 2.05) is 36.4 Å². The topological polar surface area (TPSA) is 55.3 Å². The van der Waals surface area contributed by atoms with Gasteiger partial charge in [-0.1, -0.05) is 35.1 Å². The fourth-order valence-corrected chi connectivity index (χ4v) is 5.05. The van der Waals surface area contributed by atoms with Crippen molar-refractivity contribution < 1.29 is 9.53 Å². The van der Waals surface area contributed by atoms with Gasteiger partial charge in [0.05, 0.1) is 29.6 Å². The predicted molar refractivity (Wildman–Crippen MR) is 133 cm³/mol. The molecule has 32 heavy (non-hydrogen) atoms. The number of carbonyl (C=O) groups excluding carboxylic acids is 1. The number of amides is 1. The number of benzene rings is 2. The minimum Gasteiger partial charge on any atom is -0.497 e. The molecule has 0 spiro atoms. The molecule has 2 aromatic heterocycles. The van der Waals surface area contributed by atoms with Crippen molar-refractivity contribution in [1.29, 1.82) is 0 Å². The van der Waals surface area contributed by atoms with E-state index in [2.05, 4.69) is 36.2 Å². The van der Waals surface area contributed by atoms with E-state index in [-0.39, 0.29) is 5.91 Å². The molecule has 4 aromatic rings. The SMILES string of the molecule is COc1ccc2sc(N(Cc3ccccn3)C(=O)CCCSc3ccc(C)cc3)nc2c1. The lowest BCUT2D eigenvalue weighted by atomic mass is 10.2. The highest BCUT2D eigenvalue weighted by atomic mass is 32.2. The molecule has 164 valence electrons. The van der Waals surface area contributed by atoms with E-state index < -0.39 is 0 Å². The minimum atomic E-state index is 0.0613. The van der Waals surface area contributed by atoms with Gasteiger partial charge in [-0.15, -0.1) is 11.8 Å². The summed E-state index contributed by atoms with van der Waals surface area (Å²) in [6.45, 7) is 2.49. The van der Waals surface area contributed by atoms with Crippen LogP contribution in [-0.4, -0.2) is 28.7 Å². The maximum atomic E-state index is 13.2. The lowest BCUT2D eigenvalue weighted by molar-refractivity contribution is -0.118. The highest BCUT2D eigenvalue weighted by molar-refractivity contribution is 7.99. The first-order valence-corrected chi connectivity index (χ1v) is 12.3. The third-order valence-electron chi connectivity index (χ3n) is 4.99. The molecule has 0 saturated heterocycles. The van der Waals surface area contributed by atoms with Crippen LogP contribution in [0.3, 0.4) is 0 Å². The monoisotopic (exact) mass is 463 g/mol. The van der Waals surface area contributed by atoms with Crippen LogP contribution in [0.2, 0.25) is 0 Å². The van der Waals surface area contributed by atoms with E-state index in [9.17, 15) is 4.79 Å². The number of fused-ring (bicyclic) bond motifs is 1. The van der Waals surface area contributed by atoms with Crippen molar-refractivity contribution in [2.75, 3.05) is 17.8 Å². The lowest BCUT2D eigenvalue weighted by Crippen LogP contribution is -2.30. The number of carbonyl (C=O) groups is 1. The van der Waals surface area contributed by atoms with Crippen molar-refractivity contribution in [3.8, 4) is 5.75 Å². The molecule has 0 N–H and O–H groups in total. The van der Waals surface area contributed by atoms with Gasteiger partial charge in [0.2, 0.25) is 5.91 Å². The summed E-state index contributed by atoms with van der Waals surface area (Å²) in [6.07, 6.45) is 3.01. The van der Waals surface area contributed by atoms with E-state index >= 15 is 0 Å². The maximum absolute atomic E-state index is 13.2. The van der Waals surface area contributed by atoms with Crippen molar-refractivity contribution in [2.24, 2.45) is 0 Å². The lowest BCUT2D eigenvalue weighted by Gasteiger charge is -2.19. The van der Waals surface area contributed by atoms with Crippen LogP contribution in [0.15, 0.2) is 71.8 Å². The number of pyridine rings is 1. The van der Waals surface area contributed by atoms with Crippen molar-refractivity contribution in [3.63, 3.8) is 0 Å². The molecule has 0 fully saturated rings. The zero-order valence-electron chi connectivity index (χ0n) is 18.2. The van der Waals surface area contributed by atoms with Crippen LogP contribution >= 0.6 is 23.1 Å². The molecule has 4 rings (SSSR count). The summed E-state index contributed by atoms with van der Waals surface area (Å²) in [5, 5.41) is 0.690. The number of rotatable bonds is 9. The summed E-state index contributed by atoms with van der Waals surface area (Å²) in [6, 6.07) is 20.0. The average Bonchev–Trinajstić information content (AvgIpc) is 3.25. The molecule has 0 saturated carbocycles. The van der Waals surface area contributed by atoms with Gasteiger partial charge < -0.3 is 4.74 Å². The van der Waals surface area contributed by atoms with Crippen LogP contribution in [-0.2, 0) is 11.3 Å². The van der Waals surface area contributed by atoms with Crippen molar-refractivity contribution in [1.82, 2.24) is 9.97 Å². The molecule has 0 radical (unpaired) electrons. The van der Waals surface area contributed by atoms with Gasteiger partial charge in [-0.05, 0) is 55.5 Å². The Bertz CT molecular complexity index is 1180. The zero-order chi connectivity index (χ0) is 22.3. The van der Waals surface area contributed by atoms with Crippen LogP contribution in [0.5, 0.6) is 5.75 Å². The number of anilines is 1. The Balaban J connectivity index is 1.47. The quantitative estimate of drug-likeness (QED) is 0.221. The number of hydrogen-bond donors (Lipinski definition) is 0. The molecule has 0 aliphatic heterocycles. The predicted octanol–water partition coefficient (Wildman–Crippen LogP) is 6.11. The maximum Gasteiger partial charge on any atom is 0.229 e. The molecule has 0 unspecified atom stereocenters. The number of nitrogens with zero attached hydrogens (tertiary/aromatic N) is 3. The Morgan fingerprint density at radius 3 is 2.72 bits per heavy atom. The van der Waals surface area contributed by atoms with Crippen LogP contribution in [0, 0.1) is 6.92 Å². The Labute approximate surface area is 196 Å². The summed E-state index contributed by atoms with van der Waals surface area (Å²) in [5.41, 5.74) is 2.92. The third-order valence-corrected chi connectivity index (χ3v) is 7.14. The summed E-state index contributed by atoms with van der Waals surface area (Å²) in [5.74, 6) is 1.71. The van der Waals surface area contributed by atoms with Crippen LogP contribution in [0.25, 0.3) is 10.2 Å². The van der Waals surface area contributed by atoms with Gasteiger partial charge in [-0.25, -0.2) is 4.98 Å². The van der Waals surface area contributed by atoms with E-state index in [4.69, 9.17) is 9.72 Å². The van der Waals surface area contributed by atoms with Gasteiger partial charge >= 0.3 is 0 Å². The van der Waals surface area contributed by atoms with Gasteiger partial charge in [-0.3, -0.25) is 14.7 Å². The standard InChI is InChI=1S/C25H25N3O2S2/c1-18-8-11-21(12-9-18)31-15-5-7-24(29)28(17-19-6-3-4-14-26-19)25-27-22-16-20(30-2)10-13-23(22)32-25/h3-4,6,8-14,16H,5,7,15,17H2,1-2H3. The molecule has 0 bridgehead atoms. The molecular weight excluding hydrogens is 438 g/mol. The smallest absolute Gasteiger partial charge is 0.229 e. The molecule has 0 aliphatic carbocycles. The highest BCUT2D eigenvalue weighted by Crippen LogP contribution is 2.32. The Morgan fingerprint density at radius 2 is 1.97 bits per heavy atom. The van der Waals surface area contributed by atoms with E-state index in [0.29, 0.717) is 18.1 Å². The van der Waals surface area contributed by atoms with Crippen LogP contribution in [0.1, 0.15) is 24.1 Å². The van der Waals surface area contributed by atoms with Gasteiger partial charge in [0, 0.05) is 23.6 Å². The number of ether oxygens (including phenoxy) is 1. The Hall–Kier alpha value is -2.90. The number of aryl methyl sites for hydroxylation is 1. The van der Waals surface area contributed by atoms with Gasteiger partial charge in [-0.2, -0.15) is 0 Å². The van der Waals surface area contributed by atoms with E-state index in [0.717, 1.165) is 33.8 Å². The second-order valence-electron chi connectivity index (χ2n) is 7.40. The van der Waals surface area contributed by atoms with Gasteiger partial charge in [0.25, 0.3) is 0 Å². The molecule has 0 aliphatic rings. The molecule has 7 heteroatoms. The summed E-state index contributed by atoms with van der Waals surface area (Å²) in [4.78, 5) is 25.4. The average molecular weight is 464 g/mol. The number of thioether (sulfide) groups is 1. The van der Waals surface area contributed by atoms with Crippen LogP contribution in [0.4, 0.5) is 5.13 Å². The number of hydrogen-bond acceptors (Lipinski definition) is 6. The second-order valence-corrected chi connectivity index (χ2v) is 9.57. The number of methoxy groups -OCH3 is 1. The molecule has 2 aromatic carbocycles. The summed E-state index contributed by atoms with van der Waals surface area (Å²) >= 11 is 3.30. The van der Waals surface area contributed by atoms with Crippen molar-refractivity contribution in [2.45, 2.75) is 31.2 Å². The summed E-state index contributed by atoms with van der Waals surface area (Å²) < 4.78 is 6.34. The number of aromatic nitrogens is 2. The Kier molecular flexibility index (Phi) is 7.39. The largest absolute Gasteiger partial charge is 0.497 e. The van der Waals surface area contributed by atoms with Gasteiger partial charge in [0.15, 0.2) is 5.13 Å². The molecular formula is C25H25N3O2S2. The summed E-state index contributed by atoms with van der Waals surface area (Å²) in [7, 11) is 1.64. The first-order chi connectivity index (χ1) is 15.6. The third kappa shape index (κ3) is 5.66. The second kappa shape index (κ2) is 10.6. The zero-order valence-corrected chi connectivity index (χ0v) is 19.8. The molecule has 0 atom stereocenters. The first kappa shape index (κ1) is 22.3. The molecule has 2 heterocycles. The van der Waals surface area contributed by atoms with Crippen molar-refractivity contribution in [3.05, 3.63) is 78.1 Å². The van der Waals surface area contributed by atoms with Crippen LogP contribution < -0.4 is 9.64 Å². The minimum absolute atomic E-state index is 0.0613. The molecule has 1 amide bonds. The fraction of sp³-hybridized carbons (Fsp3) is 0.240.